The Morgan fingerprint density at radius 1 is 0.925 bits per heavy atom. The monoisotopic (exact) mass is 569 g/mol. The predicted octanol–water partition coefficient (Wildman–Crippen LogP) is 7.88. The number of nitrogens with one attached hydrogen (secondary N) is 1. The van der Waals surface area contributed by atoms with Crippen LogP contribution in [0.2, 0.25) is 25.7 Å². The zero-order valence-electron chi connectivity index (χ0n) is 23.3. The number of aromatic nitrogens is 5. The van der Waals surface area contributed by atoms with Crippen molar-refractivity contribution >= 4 is 63.7 Å². The molecule has 0 radical (unpaired) electrons. The minimum absolute atomic E-state index is 0.385. The fourth-order valence-corrected chi connectivity index (χ4v) is 6.71. The van der Waals surface area contributed by atoms with Crippen LogP contribution in [-0.4, -0.2) is 46.6 Å². The Morgan fingerprint density at radius 2 is 1.70 bits per heavy atom. The van der Waals surface area contributed by atoms with Gasteiger partial charge >= 0.3 is 0 Å². The van der Waals surface area contributed by atoms with Crippen molar-refractivity contribution in [1.29, 1.82) is 0 Å². The Bertz CT molecular complexity index is 1610. The van der Waals surface area contributed by atoms with Gasteiger partial charge in [0.2, 0.25) is 5.13 Å². The van der Waals surface area contributed by atoms with Gasteiger partial charge < -0.3 is 10.1 Å². The van der Waals surface area contributed by atoms with Gasteiger partial charge in [-0.25, -0.2) is 4.98 Å². The lowest BCUT2D eigenvalue weighted by atomic mass is 10.1. The maximum Gasteiger partial charge on any atom is 0.215 e. The molecule has 0 spiro atoms. The third kappa shape index (κ3) is 6.29. The van der Waals surface area contributed by atoms with Gasteiger partial charge in [0.25, 0.3) is 0 Å². The molecule has 1 fully saturated rings. The molecule has 40 heavy (non-hydrogen) atoms. The highest BCUT2D eigenvalue weighted by atomic mass is 32.1. The van der Waals surface area contributed by atoms with Gasteiger partial charge in [0, 0.05) is 26.0 Å². The minimum atomic E-state index is -1.20. The number of nitrogens with zero attached hydrogens (tertiary/aromatic N) is 6. The molecule has 8 nitrogen and oxygen atoms in total. The molecule has 0 saturated heterocycles. The highest BCUT2D eigenvalue weighted by Crippen LogP contribution is 2.38. The number of hydrogen-bond acceptors (Lipinski definition) is 9. The minimum Gasteiger partial charge on any atom is -0.361 e. The summed E-state index contributed by atoms with van der Waals surface area (Å²) in [7, 11) is -1.20. The van der Waals surface area contributed by atoms with E-state index in [1.165, 1.54) is 25.7 Å². The summed E-state index contributed by atoms with van der Waals surface area (Å²) in [4.78, 5) is 16.3. The van der Waals surface area contributed by atoms with E-state index in [0.29, 0.717) is 12.6 Å². The van der Waals surface area contributed by atoms with E-state index in [2.05, 4.69) is 57.3 Å². The van der Waals surface area contributed by atoms with Gasteiger partial charge in [-0.15, -0.1) is 10.2 Å². The molecule has 1 aliphatic carbocycles. The molecule has 5 aromatic rings. The fourth-order valence-electron chi connectivity index (χ4n) is 4.95. The molecular weight excluding hydrogens is 535 g/mol. The smallest absolute Gasteiger partial charge is 0.215 e. The van der Waals surface area contributed by atoms with E-state index in [-0.39, 0.29) is 0 Å². The first kappa shape index (κ1) is 26.7. The van der Waals surface area contributed by atoms with Crippen molar-refractivity contribution in [2.75, 3.05) is 23.6 Å². The van der Waals surface area contributed by atoms with E-state index in [1.807, 2.05) is 53.7 Å². The summed E-state index contributed by atoms with van der Waals surface area (Å²) >= 11 is 1.67. The van der Waals surface area contributed by atoms with Crippen LogP contribution in [0.3, 0.4) is 0 Å². The van der Waals surface area contributed by atoms with Gasteiger partial charge in [-0.2, -0.15) is 0 Å². The standard InChI is InChI=1S/C30H35N7OSSi/c1-40(2,3)15-14-38-20-37(30-36-35-29(39-30)21-8-4-5-9-21)28-13-12-26-27(34-28)17-24(19-32-26)33-23-16-22-10-6-7-11-25(22)31-18-23/h6-7,10-13,16-19,21,33H,4-5,8-9,14-15,20H2,1-3H3. The molecule has 0 unspecified atom stereocenters. The molecule has 0 amide bonds. The molecule has 206 valence electrons. The highest BCUT2D eigenvalue weighted by Gasteiger charge is 2.24. The van der Waals surface area contributed by atoms with E-state index < -0.39 is 8.07 Å². The second kappa shape index (κ2) is 11.6. The van der Waals surface area contributed by atoms with Crippen LogP contribution in [0.1, 0.15) is 36.6 Å². The van der Waals surface area contributed by atoms with E-state index in [1.54, 1.807) is 11.3 Å². The summed E-state index contributed by atoms with van der Waals surface area (Å²) in [5.41, 5.74) is 4.35. The summed E-state index contributed by atoms with van der Waals surface area (Å²) in [6.45, 7) is 8.21. The first-order chi connectivity index (χ1) is 19.4. The van der Waals surface area contributed by atoms with Crippen LogP contribution < -0.4 is 10.2 Å². The molecule has 1 aromatic carbocycles. The molecule has 0 aliphatic heterocycles. The van der Waals surface area contributed by atoms with Crippen molar-refractivity contribution in [3.63, 3.8) is 0 Å². The topological polar surface area (TPSA) is 89.0 Å². The molecule has 4 aromatic heterocycles. The van der Waals surface area contributed by atoms with Crippen LogP contribution in [0.15, 0.2) is 60.9 Å². The normalized spacial score (nSPS) is 14.3. The average molecular weight is 570 g/mol. The summed E-state index contributed by atoms with van der Waals surface area (Å²) in [5, 5.41) is 15.6. The molecule has 1 aliphatic rings. The average Bonchev–Trinajstić information content (AvgIpc) is 3.65. The number of pyridine rings is 3. The second-order valence-corrected chi connectivity index (χ2v) is 18.3. The lowest BCUT2D eigenvalue weighted by Crippen LogP contribution is -2.26. The Hall–Kier alpha value is -3.47. The van der Waals surface area contributed by atoms with Gasteiger partial charge in [-0.1, -0.05) is 62.0 Å². The number of ether oxygens (including phenoxy) is 1. The molecule has 6 rings (SSSR count). The summed E-state index contributed by atoms with van der Waals surface area (Å²) in [6.07, 6.45) is 8.61. The van der Waals surface area contributed by atoms with Gasteiger partial charge in [0.1, 0.15) is 17.6 Å². The van der Waals surface area contributed by atoms with Crippen molar-refractivity contribution < 1.29 is 4.74 Å². The van der Waals surface area contributed by atoms with E-state index >= 15 is 0 Å². The number of anilines is 4. The molecule has 4 heterocycles. The Balaban J connectivity index is 1.27. The SMILES string of the molecule is C[Si](C)(C)CCOCN(c1ccc2ncc(Nc3cnc4ccccc4c3)cc2n1)c1nnc(C2CCCC2)s1. The van der Waals surface area contributed by atoms with Crippen LogP contribution >= 0.6 is 11.3 Å². The number of fused-ring (bicyclic) bond motifs is 2. The first-order valence-electron chi connectivity index (χ1n) is 14.0. The highest BCUT2D eigenvalue weighted by molar-refractivity contribution is 7.15. The largest absolute Gasteiger partial charge is 0.361 e. The van der Waals surface area contributed by atoms with E-state index in [0.717, 1.165) is 61.9 Å². The van der Waals surface area contributed by atoms with Crippen molar-refractivity contribution in [3.05, 3.63) is 65.9 Å². The lowest BCUT2D eigenvalue weighted by molar-refractivity contribution is 0.153. The quantitative estimate of drug-likeness (QED) is 0.103. The summed E-state index contributed by atoms with van der Waals surface area (Å²) in [6, 6.07) is 17.3. The second-order valence-electron chi connectivity index (χ2n) is 11.7. The zero-order chi connectivity index (χ0) is 27.5. The van der Waals surface area contributed by atoms with Crippen molar-refractivity contribution in [1.82, 2.24) is 25.1 Å². The van der Waals surface area contributed by atoms with Crippen LogP contribution in [0, 0.1) is 0 Å². The maximum absolute atomic E-state index is 6.19. The molecular formula is C30H35N7OSSi. The molecule has 0 atom stereocenters. The number of benzene rings is 1. The zero-order valence-corrected chi connectivity index (χ0v) is 25.1. The third-order valence-electron chi connectivity index (χ3n) is 7.26. The van der Waals surface area contributed by atoms with Gasteiger partial charge in [0.05, 0.1) is 40.3 Å². The molecule has 10 heteroatoms. The van der Waals surface area contributed by atoms with Crippen LogP contribution in [0.5, 0.6) is 0 Å². The first-order valence-corrected chi connectivity index (χ1v) is 18.5. The number of rotatable bonds is 10. The number of para-hydroxylation sites is 1. The van der Waals surface area contributed by atoms with Crippen molar-refractivity contribution in [3.8, 4) is 0 Å². The van der Waals surface area contributed by atoms with E-state index in [9.17, 15) is 0 Å². The van der Waals surface area contributed by atoms with Crippen molar-refractivity contribution in [2.45, 2.75) is 57.3 Å². The molecule has 0 bridgehead atoms. The maximum atomic E-state index is 6.19. The number of hydrogen-bond donors (Lipinski definition) is 1. The van der Waals surface area contributed by atoms with Crippen molar-refractivity contribution in [2.24, 2.45) is 0 Å². The van der Waals surface area contributed by atoms with Gasteiger partial charge in [-0.3, -0.25) is 14.9 Å². The molecule has 1 saturated carbocycles. The molecule has 1 N–H and O–H groups in total. The lowest BCUT2D eigenvalue weighted by Gasteiger charge is -2.22. The Labute approximate surface area is 239 Å². The summed E-state index contributed by atoms with van der Waals surface area (Å²) < 4.78 is 6.19. The third-order valence-corrected chi connectivity index (χ3v) is 10.1. The van der Waals surface area contributed by atoms with E-state index in [4.69, 9.17) is 9.72 Å². The fraction of sp³-hybridized carbons (Fsp3) is 0.367. The van der Waals surface area contributed by atoms with Crippen LogP contribution in [-0.2, 0) is 4.74 Å². The Kier molecular flexibility index (Phi) is 7.73. The predicted molar refractivity (Wildman–Crippen MR) is 167 cm³/mol. The van der Waals surface area contributed by atoms with Gasteiger partial charge in [-0.05, 0) is 49.2 Å². The van der Waals surface area contributed by atoms with Crippen LogP contribution in [0.25, 0.3) is 21.9 Å². The van der Waals surface area contributed by atoms with Gasteiger partial charge in [0.15, 0.2) is 0 Å². The van der Waals surface area contributed by atoms with Crippen LogP contribution in [0.4, 0.5) is 22.3 Å². The summed E-state index contributed by atoms with van der Waals surface area (Å²) in [5.74, 6) is 1.30. The Morgan fingerprint density at radius 3 is 2.52 bits per heavy atom.